The fourth-order valence-corrected chi connectivity index (χ4v) is 3.63. The van der Waals surface area contributed by atoms with Gasteiger partial charge in [0, 0.05) is 18.5 Å². The molecule has 0 saturated heterocycles. The lowest BCUT2D eigenvalue weighted by molar-refractivity contribution is -0.136. The Hall–Kier alpha value is -4.44. The lowest BCUT2D eigenvalue weighted by Gasteiger charge is -2.23. The largest absolute Gasteiger partial charge is 0.487 e. The number of hydroxylamine groups is 1. The van der Waals surface area contributed by atoms with Gasteiger partial charge in [0.2, 0.25) is 5.91 Å². The Kier molecular flexibility index (Phi) is 11.0. The molecule has 0 radical (unpaired) electrons. The Balaban J connectivity index is 1.63. The second-order valence-corrected chi connectivity index (χ2v) is 10.1. The zero-order valence-corrected chi connectivity index (χ0v) is 22.9. The number of carbonyl (C=O) groups is 3. The van der Waals surface area contributed by atoms with E-state index in [9.17, 15) is 14.4 Å². The molecule has 0 aliphatic heterocycles. The van der Waals surface area contributed by atoms with Gasteiger partial charge in [-0.1, -0.05) is 42.5 Å². The quantitative estimate of drug-likeness (QED) is 0.130. The van der Waals surface area contributed by atoms with Crippen molar-refractivity contribution in [1.29, 1.82) is 0 Å². The molecule has 0 aliphatic rings. The number of aryl methyl sites for hydroxylation is 1. The van der Waals surface area contributed by atoms with E-state index >= 15 is 0 Å². The van der Waals surface area contributed by atoms with Crippen LogP contribution in [0.1, 0.15) is 50.4 Å². The molecular weight excluding hydrogens is 514 g/mol. The van der Waals surface area contributed by atoms with Crippen LogP contribution in [-0.2, 0) is 33.8 Å². The number of ether oxygens (including phenoxy) is 3. The molecule has 212 valence electrons. The maximum atomic E-state index is 13.1. The summed E-state index contributed by atoms with van der Waals surface area (Å²) < 4.78 is 16.7. The van der Waals surface area contributed by atoms with Gasteiger partial charge in [-0.15, -0.1) is 0 Å². The van der Waals surface area contributed by atoms with Gasteiger partial charge in [-0.05, 0) is 69.0 Å². The van der Waals surface area contributed by atoms with Gasteiger partial charge in [0.05, 0.1) is 6.20 Å². The van der Waals surface area contributed by atoms with Crippen LogP contribution in [0.15, 0.2) is 72.9 Å². The summed E-state index contributed by atoms with van der Waals surface area (Å²) in [7, 11) is 0. The van der Waals surface area contributed by atoms with Gasteiger partial charge in [-0.2, -0.15) is 0 Å². The fourth-order valence-electron chi connectivity index (χ4n) is 3.63. The molecule has 1 unspecified atom stereocenters. The summed E-state index contributed by atoms with van der Waals surface area (Å²) >= 11 is 0. The maximum Gasteiger partial charge on any atom is 0.408 e. The average molecular weight is 550 g/mol. The highest BCUT2D eigenvalue weighted by Gasteiger charge is 2.27. The van der Waals surface area contributed by atoms with E-state index < -0.39 is 29.6 Å². The van der Waals surface area contributed by atoms with E-state index in [2.05, 4.69) is 10.3 Å². The lowest BCUT2D eigenvalue weighted by atomic mass is 10.1. The topological polar surface area (TPSA) is 136 Å². The molecule has 10 heteroatoms. The first-order valence-electron chi connectivity index (χ1n) is 13.0. The van der Waals surface area contributed by atoms with Gasteiger partial charge in [0.25, 0.3) is 0 Å². The second kappa shape index (κ2) is 14.6. The number of nitrogens with one attached hydrogen (secondary N) is 2. The third kappa shape index (κ3) is 10.7. The normalized spacial score (nSPS) is 11.7. The molecule has 0 aliphatic carbocycles. The van der Waals surface area contributed by atoms with Gasteiger partial charge >= 0.3 is 12.1 Å². The number of carbonyl (C=O) groups excluding carboxylic acids is 3. The number of amides is 2. The van der Waals surface area contributed by atoms with Crippen LogP contribution in [0, 0.1) is 0 Å². The van der Waals surface area contributed by atoms with Gasteiger partial charge < -0.3 is 19.5 Å². The molecule has 1 atom stereocenters. The number of benzene rings is 2. The zero-order valence-electron chi connectivity index (χ0n) is 22.9. The molecule has 0 spiro atoms. The predicted molar refractivity (Wildman–Crippen MR) is 147 cm³/mol. The molecule has 0 bridgehead atoms. The maximum absolute atomic E-state index is 13.1. The summed E-state index contributed by atoms with van der Waals surface area (Å²) in [5, 5.41) is 11.2. The summed E-state index contributed by atoms with van der Waals surface area (Å²) in [6, 6.07) is 19.0. The molecule has 0 saturated carbocycles. The van der Waals surface area contributed by atoms with Crippen molar-refractivity contribution in [3.8, 4) is 11.5 Å². The average Bonchev–Trinajstić information content (AvgIpc) is 2.92. The van der Waals surface area contributed by atoms with E-state index in [-0.39, 0.29) is 12.8 Å². The van der Waals surface area contributed by atoms with Crippen LogP contribution < -0.4 is 20.3 Å². The molecule has 40 heavy (non-hydrogen) atoms. The molecule has 1 aromatic heterocycles. The molecule has 2 aromatic carbocycles. The van der Waals surface area contributed by atoms with Crippen LogP contribution in [0.5, 0.6) is 11.5 Å². The van der Waals surface area contributed by atoms with E-state index in [0.29, 0.717) is 36.6 Å². The molecular formula is C30H35N3O7. The van der Waals surface area contributed by atoms with Gasteiger partial charge in [0.1, 0.15) is 29.7 Å². The van der Waals surface area contributed by atoms with Crippen LogP contribution in [0.2, 0.25) is 0 Å². The SMILES string of the molecule is CC(C)(C)OC(=O)NC(Cc1ccc(OCc2ccccc2)cn1)C(=O)Oc1ccc(CCCC(=O)NO)cc1. The highest BCUT2D eigenvalue weighted by Crippen LogP contribution is 2.17. The third-order valence-corrected chi connectivity index (χ3v) is 5.57. The Morgan fingerprint density at radius 1 is 0.925 bits per heavy atom. The van der Waals surface area contributed by atoms with Crippen LogP contribution in [-0.4, -0.2) is 39.8 Å². The number of esters is 1. The standard InChI is InChI=1S/C30H35N3O7/c1-30(2,3)40-29(36)32-26(18-23-14-17-25(19-31-23)38-20-22-8-5-4-6-9-22)28(35)39-24-15-12-21(13-16-24)10-7-11-27(34)33-37/h4-6,8-9,12-17,19,26,37H,7,10-11,18,20H2,1-3H3,(H,32,36)(H,33,34). The summed E-state index contributed by atoms with van der Waals surface area (Å²) in [6.45, 7) is 5.59. The van der Waals surface area contributed by atoms with Gasteiger partial charge in [-0.25, -0.2) is 15.1 Å². The van der Waals surface area contributed by atoms with E-state index in [1.807, 2.05) is 30.3 Å². The monoisotopic (exact) mass is 549 g/mol. The predicted octanol–water partition coefficient (Wildman–Crippen LogP) is 4.53. The number of rotatable bonds is 12. The minimum atomic E-state index is -1.06. The summed E-state index contributed by atoms with van der Waals surface area (Å²) in [5.74, 6) is -0.248. The summed E-state index contributed by atoms with van der Waals surface area (Å²) in [4.78, 5) is 41.1. The Morgan fingerprint density at radius 3 is 2.25 bits per heavy atom. The molecule has 3 N–H and O–H groups in total. The van der Waals surface area contributed by atoms with Gasteiger partial charge in [0.15, 0.2) is 0 Å². The first-order chi connectivity index (χ1) is 19.1. The number of aromatic nitrogens is 1. The van der Waals surface area contributed by atoms with Crippen molar-refractivity contribution in [2.75, 3.05) is 0 Å². The molecule has 2 amide bonds. The van der Waals surface area contributed by atoms with E-state index in [4.69, 9.17) is 19.4 Å². The lowest BCUT2D eigenvalue weighted by Crippen LogP contribution is -2.46. The Labute approximate surface area is 233 Å². The Bertz CT molecular complexity index is 1240. The van der Waals surface area contributed by atoms with Crippen LogP contribution in [0.3, 0.4) is 0 Å². The number of pyridine rings is 1. The van der Waals surface area contributed by atoms with Crippen molar-refractivity contribution in [3.05, 3.63) is 89.7 Å². The molecule has 10 nitrogen and oxygen atoms in total. The third-order valence-electron chi connectivity index (χ3n) is 5.57. The first kappa shape index (κ1) is 30.1. The van der Waals surface area contributed by atoms with Crippen molar-refractivity contribution in [3.63, 3.8) is 0 Å². The van der Waals surface area contributed by atoms with Gasteiger partial charge in [-0.3, -0.25) is 15.0 Å². The zero-order chi connectivity index (χ0) is 29.0. The number of hydrogen-bond donors (Lipinski definition) is 3. The van der Waals surface area contributed by atoms with Crippen molar-refractivity contribution in [1.82, 2.24) is 15.8 Å². The Morgan fingerprint density at radius 2 is 1.62 bits per heavy atom. The molecule has 1 heterocycles. The van der Waals surface area contributed by atoms with Crippen LogP contribution >= 0.6 is 0 Å². The number of hydrogen-bond acceptors (Lipinski definition) is 8. The first-order valence-corrected chi connectivity index (χ1v) is 13.0. The minimum absolute atomic E-state index is 0.0715. The van der Waals surface area contributed by atoms with Crippen molar-refractivity contribution in [2.24, 2.45) is 0 Å². The van der Waals surface area contributed by atoms with E-state index in [1.54, 1.807) is 68.8 Å². The number of nitrogens with zero attached hydrogens (tertiary/aromatic N) is 1. The summed E-state index contributed by atoms with van der Waals surface area (Å²) in [5.41, 5.74) is 3.37. The smallest absolute Gasteiger partial charge is 0.408 e. The van der Waals surface area contributed by atoms with Crippen molar-refractivity contribution < 1.29 is 33.8 Å². The van der Waals surface area contributed by atoms with E-state index in [1.165, 1.54) is 0 Å². The highest BCUT2D eigenvalue weighted by molar-refractivity contribution is 5.83. The summed E-state index contributed by atoms with van der Waals surface area (Å²) in [6.07, 6.45) is 2.25. The number of alkyl carbamates (subject to hydrolysis) is 1. The molecule has 3 aromatic rings. The highest BCUT2D eigenvalue weighted by atomic mass is 16.6. The van der Waals surface area contributed by atoms with Crippen molar-refractivity contribution in [2.45, 2.75) is 64.7 Å². The molecule has 0 fully saturated rings. The van der Waals surface area contributed by atoms with Crippen molar-refractivity contribution >= 4 is 18.0 Å². The van der Waals surface area contributed by atoms with Crippen LogP contribution in [0.4, 0.5) is 4.79 Å². The fraction of sp³-hybridized carbons (Fsp3) is 0.333. The van der Waals surface area contributed by atoms with E-state index in [0.717, 1.165) is 11.1 Å². The molecule has 3 rings (SSSR count). The minimum Gasteiger partial charge on any atom is -0.487 e. The second-order valence-electron chi connectivity index (χ2n) is 10.1. The van der Waals surface area contributed by atoms with Crippen LogP contribution in [0.25, 0.3) is 0 Å².